The SMILES string of the molecule is CC(C)(C)C1Cn2nc(-c3cccc(F)c3)cc2-c2cc(O)c(C(=O)O)cc21. The van der Waals surface area contributed by atoms with E-state index in [0.717, 1.165) is 16.8 Å². The maximum Gasteiger partial charge on any atom is 0.339 e. The molecule has 1 aliphatic heterocycles. The number of hydrogen-bond donors (Lipinski definition) is 2. The van der Waals surface area contributed by atoms with Crippen molar-refractivity contribution >= 4 is 5.97 Å². The third-order valence-corrected chi connectivity index (χ3v) is 5.35. The fourth-order valence-electron chi connectivity index (χ4n) is 3.86. The average molecular weight is 380 g/mol. The van der Waals surface area contributed by atoms with Crippen LogP contribution in [-0.2, 0) is 6.54 Å². The number of benzene rings is 2. The molecule has 144 valence electrons. The lowest BCUT2D eigenvalue weighted by molar-refractivity contribution is 0.0693. The lowest BCUT2D eigenvalue weighted by atomic mass is 9.73. The zero-order chi connectivity index (χ0) is 20.2. The Kier molecular flexibility index (Phi) is 4.03. The third-order valence-electron chi connectivity index (χ3n) is 5.35. The summed E-state index contributed by atoms with van der Waals surface area (Å²) in [6, 6.07) is 11.2. The molecule has 1 unspecified atom stereocenters. The Labute approximate surface area is 162 Å². The number of aromatic hydroxyl groups is 1. The Morgan fingerprint density at radius 1 is 1.21 bits per heavy atom. The average Bonchev–Trinajstić information content (AvgIpc) is 3.04. The predicted molar refractivity (Wildman–Crippen MR) is 104 cm³/mol. The number of aromatic carboxylic acids is 1. The summed E-state index contributed by atoms with van der Waals surface area (Å²) in [4.78, 5) is 11.5. The molecule has 6 heteroatoms. The molecule has 2 heterocycles. The first-order chi connectivity index (χ1) is 13.1. The maximum absolute atomic E-state index is 13.6. The van der Waals surface area contributed by atoms with E-state index in [-0.39, 0.29) is 28.5 Å². The lowest BCUT2D eigenvalue weighted by Gasteiger charge is -2.36. The van der Waals surface area contributed by atoms with E-state index in [9.17, 15) is 19.4 Å². The molecular formula is C22H21FN2O3. The number of carboxylic acid groups (broad SMARTS) is 1. The van der Waals surface area contributed by atoms with Gasteiger partial charge in [-0.25, -0.2) is 9.18 Å². The highest BCUT2D eigenvalue weighted by Gasteiger charge is 2.35. The number of hydrogen-bond acceptors (Lipinski definition) is 3. The van der Waals surface area contributed by atoms with Crippen molar-refractivity contribution in [2.45, 2.75) is 33.2 Å². The van der Waals surface area contributed by atoms with Gasteiger partial charge in [-0.05, 0) is 41.3 Å². The van der Waals surface area contributed by atoms with Gasteiger partial charge in [-0.2, -0.15) is 5.10 Å². The van der Waals surface area contributed by atoms with Crippen LogP contribution < -0.4 is 0 Å². The van der Waals surface area contributed by atoms with Crippen LogP contribution in [0.5, 0.6) is 5.75 Å². The minimum atomic E-state index is -1.16. The van der Waals surface area contributed by atoms with Crippen LogP contribution in [0.4, 0.5) is 4.39 Å². The van der Waals surface area contributed by atoms with E-state index >= 15 is 0 Å². The summed E-state index contributed by atoms with van der Waals surface area (Å²) in [5.74, 6) is -1.76. The van der Waals surface area contributed by atoms with Crippen molar-refractivity contribution in [3.8, 4) is 28.3 Å². The van der Waals surface area contributed by atoms with Crippen molar-refractivity contribution in [3.63, 3.8) is 0 Å². The fraction of sp³-hybridized carbons (Fsp3) is 0.273. The molecule has 28 heavy (non-hydrogen) atoms. The van der Waals surface area contributed by atoms with Gasteiger partial charge < -0.3 is 10.2 Å². The highest BCUT2D eigenvalue weighted by Crippen LogP contribution is 2.47. The van der Waals surface area contributed by atoms with Gasteiger partial charge in [0.2, 0.25) is 0 Å². The zero-order valence-electron chi connectivity index (χ0n) is 15.9. The van der Waals surface area contributed by atoms with Gasteiger partial charge in [-0.1, -0.05) is 32.9 Å². The number of carboxylic acids is 1. The van der Waals surface area contributed by atoms with E-state index in [1.807, 2.05) is 10.7 Å². The normalized spacial score (nSPS) is 15.8. The molecule has 0 spiro atoms. The van der Waals surface area contributed by atoms with Gasteiger partial charge >= 0.3 is 5.97 Å². The van der Waals surface area contributed by atoms with E-state index in [2.05, 4.69) is 25.9 Å². The zero-order valence-corrected chi connectivity index (χ0v) is 15.9. The third kappa shape index (κ3) is 2.95. The highest BCUT2D eigenvalue weighted by atomic mass is 19.1. The summed E-state index contributed by atoms with van der Waals surface area (Å²) in [7, 11) is 0. The van der Waals surface area contributed by atoms with Gasteiger partial charge in [0.05, 0.1) is 11.4 Å². The first-order valence-electron chi connectivity index (χ1n) is 9.09. The molecule has 0 fully saturated rings. The Morgan fingerprint density at radius 2 is 1.96 bits per heavy atom. The quantitative estimate of drug-likeness (QED) is 0.663. The van der Waals surface area contributed by atoms with Crippen molar-refractivity contribution in [2.24, 2.45) is 5.41 Å². The monoisotopic (exact) mass is 380 g/mol. The van der Waals surface area contributed by atoms with Crippen molar-refractivity contribution in [3.05, 3.63) is 59.4 Å². The van der Waals surface area contributed by atoms with Crippen LogP contribution in [0.2, 0.25) is 0 Å². The molecule has 1 atom stereocenters. The number of halogens is 1. The molecule has 0 saturated heterocycles. The molecule has 2 aromatic carbocycles. The summed E-state index contributed by atoms with van der Waals surface area (Å²) in [6.07, 6.45) is 0. The van der Waals surface area contributed by atoms with E-state index in [0.29, 0.717) is 17.8 Å². The second-order valence-electron chi connectivity index (χ2n) is 8.29. The molecule has 0 amide bonds. The molecule has 1 aliphatic rings. The number of fused-ring (bicyclic) bond motifs is 3. The van der Waals surface area contributed by atoms with Crippen LogP contribution in [-0.4, -0.2) is 26.0 Å². The number of nitrogens with zero attached hydrogens (tertiary/aromatic N) is 2. The van der Waals surface area contributed by atoms with Crippen LogP contribution in [0.15, 0.2) is 42.5 Å². The molecule has 1 aromatic heterocycles. The fourth-order valence-corrected chi connectivity index (χ4v) is 3.86. The van der Waals surface area contributed by atoms with E-state index in [1.165, 1.54) is 18.2 Å². The second kappa shape index (κ2) is 6.19. The van der Waals surface area contributed by atoms with Crippen molar-refractivity contribution < 1.29 is 19.4 Å². The molecule has 0 radical (unpaired) electrons. The number of carbonyl (C=O) groups is 1. The Balaban J connectivity index is 1.93. The molecule has 0 saturated carbocycles. The van der Waals surface area contributed by atoms with Crippen LogP contribution in [0, 0.1) is 11.2 Å². The summed E-state index contributed by atoms with van der Waals surface area (Å²) in [6.45, 7) is 6.86. The molecule has 4 rings (SSSR count). The topological polar surface area (TPSA) is 75.3 Å². The molecule has 3 aromatic rings. The van der Waals surface area contributed by atoms with E-state index in [1.54, 1.807) is 18.2 Å². The van der Waals surface area contributed by atoms with Crippen molar-refractivity contribution in [1.29, 1.82) is 0 Å². The highest BCUT2D eigenvalue weighted by molar-refractivity contribution is 5.92. The summed E-state index contributed by atoms with van der Waals surface area (Å²) in [5, 5.41) is 24.3. The van der Waals surface area contributed by atoms with Gasteiger partial charge in [0.25, 0.3) is 0 Å². The minimum Gasteiger partial charge on any atom is -0.507 e. The van der Waals surface area contributed by atoms with Gasteiger partial charge in [-0.15, -0.1) is 0 Å². The first kappa shape index (κ1) is 18.2. The van der Waals surface area contributed by atoms with Crippen molar-refractivity contribution in [2.75, 3.05) is 0 Å². The van der Waals surface area contributed by atoms with Gasteiger partial charge in [0.15, 0.2) is 0 Å². The smallest absolute Gasteiger partial charge is 0.339 e. The Bertz CT molecular complexity index is 1100. The summed E-state index contributed by atoms with van der Waals surface area (Å²) >= 11 is 0. The largest absolute Gasteiger partial charge is 0.507 e. The van der Waals surface area contributed by atoms with Gasteiger partial charge in [-0.3, -0.25) is 4.68 Å². The molecule has 5 nitrogen and oxygen atoms in total. The van der Waals surface area contributed by atoms with Crippen LogP contribution >= 0.6 is 0 Å². The van der Waals surface area contributed by atoms with Crippen LogP contribution in [0.3, 0.4) is 0 Å². The van der Waals surface area contributed by atoms with Crippen molar-refractivity contribution in [1.82, 2.24) is 9.78 Å². The first-order valence-corrected chi connectivity index (χ1v) is 9.09. The second-order valence-corrected chi connectivity index (χ2v) is 8.29. The molecular weight excluding hydrogens is 359 g/mol. The molecule has 0 bridgehead atoms. The Hall–Kier alpha value is -3.15. The number of phenols is 1. The van der Waals surface area contributed by atoms with Crippen LogP contribution in [0.1, 0.15) is 42.6 Å². The standard InChI is InChI=1S/C22H21FN2O3/c1-22(2,3)17-11-25-19(10-18(24-25)12-5-4-6-13(23)7-12)15-9-20(26)16(21(27)28)8-14(15)17/h4-10,17,26H,11H2,1-3H3,(H,27,28). The summed E-state index contributed by atoms with van der Waals surface area (Å²) in [5.41, 5.74) is 3.46. The van der Waals surface area contributed by atoms with Gasteiger partial charge in [0, 0.05) is 23.6 Å². The predicted octanol–water partition coefficient (Wildman–Crippen LogP) is 4.90. The number of aromatic nitrogens is 2. The lowest BCUT2D eigenvalue weighted by Crippen LogP contribution is -2.28. The number of rotatable bonds is 2. The summed E-state index contributed by atoms with van der Waals surface area (Å²) < 4.78 is 15.5. The van der Waals surface area contributed by atoms with Gasteiger partial charge in [0.1, 0.15) is 17.1 Å². The minimum absolute atomic E-state index is 0.00830. The maximum atomic E-state index is 13.6. The molecule has 2 N–H and O–H groups in total. The van der Waals surface area contributed by atoms with E-state index < -0.39 is 5.97 Å². The molecule has 0 aliphatic carbocycles. The Morgan fingerprint density at radius 3 is 2.61 bits per heavy atom. The van der Waals surface area contributed by atoms with Crippen LogP contribution in [0.25, 0.3) is 22.5 Å². The van der Waals surface area contributed by atoms with E-state index in [4.69, 9.17) is 0 Å².